The lowest BCUT2D eigenvalue weighted by Crippen LogP contribution is -2.35. The van der Waals surface area contributed by atoms with E-state index >= 15 is 0 Å². The first-order chi connectivity index (χ1) is 17.2. The monoisotopic (exact) mass is 459 g/mol. The van der Waals surface area contributed by atoms with Gasteiger partial charge in [0.25, 0.3) is 11.8 Å². The molecule has 0 atom stereocenters. The summed E-state index contributed by atoms with van der Waals surface area (Å²) in [5.74, 6) is -0.661. The zero-order valence-corrected chi connectivity index (χ0v) is 19.1. The molecule has 0 saturated heterocycles. The van der Waals surface area contributed by atoms with Crippen molar-refractivity contribution in [2.24, 2.45) is 0 Å². The molecule has 5 aromatic rings. The predicted molar refractivity (Wildman–Crippen MR) is 141 cm³/mol. The first kappa shape index (κ1) is 22.2. The van der Waals surface area contributed by atoms with Gasteiger partial charge in [0.15, 0.2) is 0 Å². The van der Waals surface area contributed by atoms with Crippen molar-refractivity contribution in [3.8, 4) is 0 Å². The van der Waals surface area contributed by atoms with Gasteiger partial charge in [-0.3, -0.25) is 9.59 Å². The highest BCUT2D eigenvalue weighted by Gasteiger charge is 2.15. The summed E-state index contributed by atoms with van der Waals surface area (Å²) < 4.78 is 0. The summed E-state index contributed by atoms with van der Waals surface area (Å²) in [4.78, 5) is 29.4. The Bertz CT molecular complexity index is 1530. The Balaban J connectivity index is 1.39. The van der Waals surface area contributed by atoms with Gasteiger partial charge in [0.2, 0.25) is 0 Å². The molecular formula is C30H25N3O2. The number of H-pyrrole nitrogens is 1. The van der Waals surface area contributed by atoms with Crippen molar-refractivity contribution in [3.05, 3.63) is 126 Å². The average Bonchev–Trinajstić information content (AvgIpc) is 3.32. The van der Waals surface area contributed by atoms with E-state index in [1.807, 2.05) is 72.9 Å². The molecule has 0 fully saturated rings. The highest BCUT2D eigenvalue weighted by molar-refractivity contribution is 6.06. The zero-order valence-electron chi connectivity index (χ0n) is 19.1. The summed E-state index contributed by atoms with van der Waals surface area (Å²) in [6.07, 6.45) is 4.38. The van der Waals surface area contributed by atoms with Crippen molar-refractivity contribution < 1.29 is 9.59 Å². The molecule has 0 aliphatic heterocycles. The normalized spacial score (nSPS) is 11.5. The molecule has 1 heterocycles. The van der Waals surface area contributed by atoms with Crippen molar-refractivity contribution >= 4 is 39.6 Å². The Hall–Kier alpha value is -4.64. The number of rotatable bonds is 7. The smallest absolute Gasteiger partial charge is 0.267 e. The molecule has 0 bridgehead atoms. The van der Waals surface area contributed by atoms with Crippen molar-refractivity contribution in [3.63, 3.8) is 0 Å². The minimum absolute atomic E-state index is 0.203. The van der Waals surface area contributed by atoms with Crippen LogP contribution >= 0.6 is 0 Å². The van der Waals surface area contributed by atoms with Crippen LogP contribution in [0.1, 0.15) is 21.5 Å². The molecule has 1 aromatic heterocycles. The molecule has 0 aliphatic rings. The van der Waals surface area contributed by atoms with Gasteiger partial charge in [-0.2, -0.15) is 0 Å². The lowest BCUT2D eigenvalue weighted by Gasteiger charge is -2.12. The first-order valence-electron chi connectivity index (χ1n) is 11.6. The molecule has 35 heavy (non-hydrogen) atoms. The van der Waals surface area contributed by atoms with Crippen LogP contribution in [0, 0.1) is 0 Å². The van der Waals surface area contributed by atoms with E-state index in [9.17, 15) is 9.59 Å². The molecule has 0 spiro atoms. The number of fused-ring (bicyclic) bond motifs is 2. The number of aromatic nitrogens is 1. The number of hydrogen-bond donors (Lipinski definition) is 3. The molecule has 2 amide bonds. The van der Waals surface area contributed by atoms with Crippen molar-refractivity contribution in [1.82, 2.24) is 15.6 Å². The summed E-state index contributed by atoms with van der Waals surface area (Å²) in [7, 11) is 0. The van der Waals surface area contributed by atoms with Gasteiger partial charge < -0.3 is 15.6 Å². The fraction of sp³-hybridized carbons (Fsp3) is 0.0667. The molecule has 5 heteroatoms. The largest absolute Gasteiger partial charge is 0.361 e. The second kappa shape index (κ2) is 10.1. The molecule has 172 valence electrons. The minimum Gasteiger partial charge on any atom is -0.361 e. The van der Waals surface area contributed by atoms with Gasteiger partial charge in [-0.25, -0.2) is 0 Å². The topological polar surface area (TPSA) is 74.0 Å². The number of amides is 2. The Kier molecular flexibility index (Phi) is 6.39. The van der Waals surface area contributed by atoms with E-state index < -0.39 is 0 Å². The van der Waals surface area contributed by atoms with Gasteiger partial charge in [-0.15, -0.1) is 0 Å². The highest BCUT2D eigenvalue weighted by atomic mass is 16.2. The van der Waals surface area contributed by atoms with E-state index in [1.54, 1.807) is 30.3 Å². The molecule has 0 radical (unpaired) electrons. The van der Waals surface area contributed by atoms with Crippen LogP contribution in [0.4, 0.5) is 0 Å². The summed E-state index contributed by atoms with van der Waals surface area (Å²) in [6, 6.07) is 30.8. The Morgan fingerprint density at radius 3 is 2.34 bits per heavy atom. The lowest BCUT2D eigenvalue weighted by atomic mass is 10.0. The van der Waals surface area contributed by atoms with Crippen LogP contribution < -0.4 is 10.6 Å². The standard InChI is InChI=1S/C30H25N3O2/c34-29(22-10-2-1-3-11-22)33-28(19-23-13-8-12-21-9-4-5-14-25(21)23)30(35)31-18-17-24-20-32-27-16-7-6-15-26(24)27/h1-16,19-20,32H,17-18H2,(H,31,35)(H,33,34)/b28-19+. The van der Waals surface area contributed by atoms with E-state index in [4.69, 9.17) is 0 Å². The van der Waals surface area contributed by atoms with Crippen LogP contribution in [-0.2, 0) is 11.2 Å². The van der Waals surface area contributed by atoms with E-state index in [2.05, 4.69) is 21.7 Å². The summed E-state index contributed by atoms with van der Waals surface area (Å²) in [5, 5.41) is 9.01. The van der Waals surface area contributed by atoms with Crippen LogP contribution in [0.2, 0.25) is 0 Å². The number of carbonyl (C=O) groups excluding carboxylic acids is 2. The van der Waals surface area contributed by atoms with Gasteiger partial charge in [0.05, 0.1) is 0 Å². The van der Waals surface area contributed by atoms with Crippen molar-refractivity contribution in [2.75, 3.05) is 6.54 Å². The average molecular weight is 460 g/mol. The molecule has 5 nitrogen and oxygen atoms in total. The highest BCUT2D eigenvalue weighted by Crippen LogP contribution is 2.21. The molecule has 0 unspecified atom stereocenters. The van der Waals surface area contributed by atoms with Gasteiger partial charge >= 0.3 is 0 Å². The fourth-order valence-corrected chi connectivity index (χ4v) is 4.22. The third kappa shape index (κ3) is 4.99. The number of benzene rings is 4. The van der Waals surface area contributed by atoms with Crippen LogP contribution in [0.5, 0.6) is 0 Å². The predicted octanol–water partition coefficient (Wildman–Crippen LogP) is 5.45. The molecule has 0 saturated carbocycles. The van der Waals surface area contributed by atoms with E-state index in [-0.39, 0.29) is 17.5 Å². The van der Waals surface area contributed by atoms with Gasteiger partial charge in [-0.05, 0) is 52.6 Å². The minimum atomic E-state index is -0.331. The molecule has 0 aliphatic carbocycles. The molecule has 5 rings (SSSR count). The number of para-hydroxylation sites is 1. The van der Waals surface area contributed by atoms with Gasteiger partial charge in [0, 0.05) is 29.2 Å². The van der Waals surface area contributed by atoms with Crippen LogP contribution in [0.15, 0.2) is 109 Å². The summed E-state index contributed by atoms with van der Waals surface area (Å²) in [6.45, 7) is 0.439. The number of aromatic amines is 1. The van der Waals surface area contributed by atoms with E-state index in [1.165, 1.54) is 0 Å². The Morgan fingerprint density at radius 1 is 0.771 bits per heavy atom. The van der Waals surface area contributed by atoms with Gasteiger partial charge in [0.1, 0.15) is 5.70 Å². The lowest BCUT2D eigenvalue weighted by molar-refractivity contribution is -0.117. The SMILES string of the molecule is O=C(NCCc1c[nH]c2ccccc12)/C(=C\c1cccc2ccccc12)NC(=O)c1ccccc1. The third-order valence-corrected chi connectivity index (χ3v) is 6.01. The van der Waals surface area contributed by atoms with Crippen molar-refractivity contribution in [2.45, 2.75) is 6.42 Å². The fourth-order valence-electron chi connectivity index (χ4n) is 4.22. The van der Waals surface area contributed by atoms with Crippen LogP contribution in [0.3, 0.4) is 0 Å². The quantitative estimate of drug-likeness (QED) is 0.283. The Morgan fingerprint density at radius 2 is 1.49 bits per heavy atom. The zero-order chi connectivity index (χ0) is 24.0. The van der Waals surface area contributed by atoms with E-state index in [0.717, 1.165) is 32.8 Å². The maximum atomic E-state index is 13.2. The molecular weight excluding hydrogens is 434 g/mol. The maximum absolute atomic E-state index is 13.2. The second-order valence-corrected chi connectivity index (χ2v) is 8.31. The summed E-state index contributed by atoms with van der Waals surface area (Å²) in [5.41, 5.74) is 3.75. The van der Waals surface area contributed by atoms with E-state index in [0.29, 0.717) is 18.5 Å². The summed E-state index contributed by atoms with van der Waals surface area (Å²) >= 11 is 0. The number of nitrogens with one attached hydrogen (secondary N) is 3. The number of hydrogen-bond acceptors (Lipinski definition) is 2. The number of carbonyl (C=O) groups is 2. The van der Waals surface area contributed by atoms with Crippen molar-refractivity contribution in [1.29, 1.82) is 0 Å². The van der Waals surface area contributed by atoms with Crippen LogP contribution in [-0.4, -0.2) is 23.3 Å². The van der Waals surface area contributed by atoms with Crippen LogP contribution in [0.25, 0.3) is 27.8 Å². The molecule has 4 aromatic carbocycles. The van der Waals surface area contributed by atoms with Gasteiger partial charge in [-0.1, -0.05) is 78.9 Å². The third-order valence-electron chi connectivity index (χ3n) is 6.01. The first-order valence-corrected chi connectivity index (χ1v) is 11.6. The Labute approximate surface area is 203 Å². The molecule has 3 N–H and O–H groups in total. The maximum Gasteiger partial charge on any atom is 0.267 e. The second-order valence-electron chi connectivity index (χ2n) is 8.31.